The average molecular weight is 503 g/mol. The maximum absolute atomic E-state index is 13.3. The van der Waals surface area contributed by atoms with Crippen molar-refractivity contribution in [2.45, 2.75) is 6.42 Å². The Kier molecular flexibility index (Phi) is 7.43. The van der Waals surface area contributed by atoms with E-state index in [0.29, 0.717) is 45.6 Å². The molecule has 1 aliphatic carbocycles. The standard InChI is InChI=1S/C23H22N4O5S.ClH/c1-31-19-13-10-14(22(30)26-8-5-9-27-23(24)25)33-21(13)20(32-2)16-15(19)17(28)11-6-3-4-7-12(11)18(16)29;/h3-4,6-7,10H,5,8-9H2,1-2H3,(H,26,30)(H4,24,25,27);1H. The number of fused-ring (bicyclic) bond motifs is 3. The molecule has 0 fully saturated rings. The minimum absolute atomic E-state index is 0. The number of hydrogen-bond donors (Lipinski definition) is 3. The molecular weight excluding hydrogens is 480 g/mol. The van der Waals surface area contributed by atoms with Crippen LogP contribution in [0.3, 0.4) is 0 Å². The summed E-state index contributed by atoms with van der Waals surface area (Å²) in [5, 5.41) is 3.35. The average Bonchev–Trinajstić information content (AvgIpc) is 3.25. The molecule has 3 aromatic rings. The second-order valence-corrected chi connectivity index (χ2v) is 8.34. The fraction of sp³-hybridized carbons (Fsp3) is 0.217. The van der Waals surface area contributed by atoms with Crippen LogP contribution in [0.4, 0.5) is 0 Å². The molecule has 1 aliphatic rings. The number of ketones is 2. The Labute approximate surface area is 205 Å². The molecule has 1 amide bonds. The fourth-order valence-electron chi connectivity index (χ4n) is 3.88. The van der Waals surface area contributed by atoms with E-state index < -0.39 is 0 Å². The number of halogens is 1. The number of carbonyl (C=O) groups excluding carboxylic acids is 3. The third kappa shape index (κ3) is 4.17. The summed E-state index contributed by atoms with van der Waals surface area (Å²) in [7, 11) is 2.86. The van der Waals surface area contributed by atoms with E-state index in [9.17, 15) is 14.4 Å². The molecule has 11 heteroatoms. The largest absolute Gasteiger partial charge is 0.495 e. The number of carbonyl (C=O) groups is 3. The number of nitrogens with one attached hydrogen (secondary N) is 1. The Morgan fingerprint density at radius 2 is 1.62 bits per heavy atom. The van der Waals surface area contributed by atoms with Crippen LogP contribution in [0.2, 0.25) is 0 Å². The van der Waals surface area contributed by atoms with E-state index in [0.717, 1.165) is 11.3 Å². The summed E-state index contributed by atoms with van der Waals surface area (Å²) in [6, 6.07) is 8.29. The Balaban J connectivity index is 0.00000324. The van der Waals surface area contributed by atoms with Crippen LogP contribution in [0.1, 0.15) is 47.9 Å². The van der Waals surface area contributed by atoms with Crippen LogP contribution in [-0.2, 0) is 0 Å². The van der Waals surface area contributed by atoms with Crippen molar-refractivity contribution in [1.82, 2.24) is 5.32 Å². The van der Waals surface area contributed by atoms with Gasteiger partial charge in [-0.25, -0.2) is 0 Å². The zero-order valence-electron chi connectivity index (χ0n) is 18.5. The number of nitrogens with zero attached hydrogens (tertiary/aromatic N) is 1. The van der Waals surface area contributed by atoms with Gasteiger partial charge in [0.2, 0.25) is 0 Å². The van der Waals surface area contributed by atoms with Gasteiger partial charge in [0, 0.05) is 29.6 Å². The highest BCUT2D eigenvalue weighted by Gasteiger charge is 2.37. The van der Waals surface area contributed by atoms with Crippen LogP contribution in [0, 0.1) is 0 Å². The maximum Gasteiger partial charge on any atom is 0.261 e. The van der Waals surface area contributed by atoms with Crippen LogP contribution in [-0.4, -0.2) is 50.7 Å². The lowest BCUT2D eigenvalue weighted by atomic mass is 9.82. The molecule has 0 spiro atoms. The summed E-state index contributed by atoms with van der Waals surface area (Å²) < 4.78 is 11.8. The Hall–Kier alpha value is -3.63. The molecule has 178 valence electrons. The van der Waals surface area contributed by atoms with Crippen molar-refractivity contribution in [2.24, 2.45) is 16.5 Å². The summed E-state index contributed by atoms with van der Waals surface area (Å²) in [6.45, 7) is 0.773. The molecule has 0 atom stereocenters. The van der Waals surface area contributed by atoms with Gasteiger partial charge in [0.15, 0.2) is 17.5 Å². The second-order valence-electron chi connectivity index (χ2n) is 7.29. The highest BCUT2D eigenvalue weighted by Crippen LogP contribution is 2.48. The molecule has 0 saturated heterocycles. The number of hydrogen-bond acceptors (Lipinski definition) is 7. The highest BCUT2D eigenvalue weighted by molar-refractivity contribution is 7.21. The number of amides is 1. The summed E-state index contributed by atoms with van der Waals surface area (Å²) in [6.07, 6.45) is 0.566. The molecule has 1 heterocycles. The van der Waals surface area contributed by atoms with Crippen molar-refractivity contribution in [2.75, 3.05) is 27.3 Å². The number of rotatable bonds is 7. The van der Waals surface area contributed by atoms with Crippen molar-refractivity contribution >= 4 is 57.3 Å². The normalized spacial score (nSPS) is 11.8. The molecule has 2 aromatic carbocycles. The molecule has 0 aliphatic heterocycles. The Bertz CT molecular complexity index is 1250. The predicted octanol–water partition coefficient (Wildman–Crippen LogP) is 2.51. The van der Waals surface area contributed by atoms with E-state index in [-0.39, 0.29) is 58.5 Å². The van der Waals surface area contributed by atoms with Gasteiger partial charge >= 0.3 is 0 Å². The van der Waals surface area contributed by atoms with Gasteiger partial charge in [-0.1, -0.05) is 24.3 Å². The van der Waals surface area contributed by atoms with Crippen molar-refractivity contribution in [3.8, 4) is 11.5 Å². The van der Waals surface area contributed by atoms with Gasteiger partial charge in [0.1, 0.15) is 11.5 Å². The van der Waals surface area contributed by atoms with Gasteiger partial charge in [0.05, 0.1) is 34.9 Å². The molecular formula is C23H23ClN4O5S. The van der Waals surface area contributed by atoms with Gasteiger partial charge in [-0.3, -0.25) is 19.4 Å². The van der Waals surface area contributed by atoms with Gasteiger partial charge in [-0.15, -0.1) is 23.7 Å². The van der Waals surface area contributed by atoms with E-state index in [1.54, 1.807) is 30.3 Å². The van der Waals surface area contributed by atoms with Gasteiger partial charge in [-0.2, -0.15) is 0 Å². The number of aliphatic imine (C=N–C) groups is 1. The minimum Gasteiger partial charge on any atom is -0.495 e. The monoisotopic (exact) mass is 502 g/mol. The lowest BCUT2D eigenvalue weighted by Crippen LogP contribution is -2.25. The molecule has 1 aromatic heterocycles. The first-order chi connectivity index (χ1) is 15.9. The smallest absolute Gasteiger partial charge is 0.261 e. The first kappa shape index (κ1) is 25.0. The molecule has 5 N–H and O–H groups in total. The van der Waals surface area contributed by atoms with Gasteiger partial charge in [0.25, 0.3) is 5.91 Å². The molecule has 4 rings (SSSR count). The maximum atomic E-state index is 13.3. The van der Waals surface area contributed by atoms with Gasteiger partial charge < -0.3 is 26.3 Å². The summed E-state index contributed by atoms with van der Waals surface area (Å²) in [4.78, 5) is 43.7. The number of guanidine groups is 1. The zero-order chi connectivity index (χ0) is 23.7. The molecule has 0 saturated carbocycles. The van der Waals surface area contributed by atoms with E-state index in [2.05, 4.69) is 10.3 Å². The molecule has 0 radical (unpaired) electrons. The quantitative estimate of drug-likeness (QED) is 0.200. The van der Waals surface area contributed by atoms with Crippen LogP contribution < -0.4 is 26.3 Å². The van der Waals surface area contributed by atoms with Gasteiger partial charge in [-0.05, 0) is 12.5 Å². The number of methoxy groups -OCH3 is 2. The van der Waals surface area contributed by atoms with E-state index in [1.807, 2.05) is 0 Å². The van der Waals surface area contributed by atoms with Crippen molar-refractivity contribution in [1.29, 1.82) is 0 Å². The van der Waals surface area contributed by atoms with Crippen LogP contribution in [0.25, 0.3) is 10.1 Å². The van der Waals surface area contributed by atoms with Crippen molar-refractivity contribution in [3.63, 3.8) is 0 Å². The number of benzene rings is 2. The Morgan fingerprint density at radius 1 is 1.03 bits per heavy atom. The minimum atomic E-state index is -0.325. The first-order valence-corrected chi connectivity index (χ1v) is 10.9. The molecule has 0 unspecified atom stereocenters. The fourth-order valence-corrected chi connectivity index (χ4v) is 4.98. The molecule has 9 nitrogen and oxygen atoms in total. The van der Waals surface area contributed by atoms with Crippen molar-refractivity contribution < 1.29 is 23.9 Å². The van der Waals surface area contributed by atoms with Crippen molar-refractivity contribution in [3.05, 3.63) is 57.5 Å². The van der Waals surface area contributed by atoms with Crippen LogP contribution in [0.5, 0.6) is 11.5 Å². The molecule has 0 bridgehead atoms. The topological polar surface area (TPSA) is 146 Å². The number of ether oxygens (including phenoxy) is 2. The second kappa shape index (κ2) is 10.1. The Morgan fingerprint density at radius 3 is 2.18 bits per heavy atom. The lowest BCUT2D eigenvalue weighted by Gasteiger charge is -2.22. The lowest BCUT2D eigenvalue weighted by molar-refractivity contribution is 0.0956. The summed E-state index contributed by atoms with van der Waals surface area (Å²) in [5.74, 6) is -0.447. The van der Waals surface area contributed by atoms with E-state index in [4.69, 9.17) is 20.9 Å². The number of nitrogens with two attached hydrogens (primary N) is 2. The highest BCUT2D eigenvalue weighted by atomic mass is 35.5. The number of thiophene rings is 1. The zero-order valence-corrected chi connectivity index (χ0v) is 20.1. The summed E-state index contributed by atoms with van der Waals surface area (Å²) >= 11 is 1.16. The van der Waals surface area contributed by atoms with Crippen LogP contribution >= 0.6 is 23.7 Å². The predicted molar refractivity (Wildman–Crippen MR) is 133 cm³/mol. The van der Waals surface area contributed by atoms with Crippen LogP contribution in [0.15, 0.2) is 35.3 Å². The summed E-state index contributed by atoms with van der Waals surface area (Å²) in [5.41, 5.74) is 11.5. The van der Waals surface area contributed by atoms with E-state index in [1.165, 1.54) is 14.2 Å². The van der Waals surface area contributed by atoms with E-state index >= 15 is 0 Å². The SMILES string of the molecule is COc1c2c(c(OC)c3sc(C(=O)NCCCN=C(N)N)cc13)C(=O)c1ccccc1C2=O.Cl. The molecule has 34 heavy (non-hydrogen) atoms. The third-order valence-corrected chi connectivity index (χ3v) is 6.44. The first-order valence-electron chi connectivity index (χ1n) is 10.1. The third-order valence-electron chi connectivity index (χ3n) is 5.30.